The number of carbonyl (C=O) groups is 3. The van der Waals surface area contributed by atoms with Crippen molar-refractivity contribution in [1.29, 1.82) is 0 Å². The second kappa shape index (κ2) is 21.2. The zero-order valence-corrected chi connectivity index (χ0v) is 21.1. The van der Waals surface area contributed by atoms with Crippen molar-refractivity contribution >= 4 is 29.6 Å². The van der Waals surface area contributed by atoms with Gasteiger partial charge in [0.05, 0.1) is 32.3 Å². The zero-order valence-electron chi connectivity index (χ0n) is 20.3. The van der Waals surface area contributed by atoms with Gasteiger partial charge in [-0.25, -0.2) is 4.79 Å². The summed E-state index contributed by atoms with van der Waals surface area (Å²) in [5, 5.41) is 21.4. The van der Waals surface area contributed by atoms with Gasteiger partial charge >= 0.3 is 11.9 Å². The lowest BCUT2D eigenvalue weighted by molar-refractivity contribution is -0.146. The molecule has 0 rings (SSSR count). The second-order valence-corrected chi connectivity index (χ2v) is 9.29. The predicted molar refractivity (Wildman–Crippen MR) is 130 cm³/mol. The van der Waals surface area contributed by atoms with Crippen LogP contribution in [0.3, 0.4) is 0 Å². The summed E-state index contributed by atoms with van der Waals surface area (Å²) in [6, 6.07) is -2.04. The Morgan fingerprint density at radius 3 is 2.21 bits per heavy atom. The van der Waals surface area contributed by atoms with Crippen molar-refractivity contribution in [1.82, 2.24) is 5.32 Å². The lowest BCUT2D eigenvalue weighted by Crippen LogP contribution is -2.51. The molecule has 0 aromatic heterocycles. The van der Waals surface area contributed by atoms with Crippen LogP contribution >= 0.6 is 11.8 Å². The number of hydrogen-bond acceptors (Lipinski definition) is 9. The van der Waals surface area contributed by atoms with Gasteiger partial charge in [0.25, 0.3) is 0 Å². The highest BCUT2D eigenvalue weighted by Crippen LogP contribution is 2.12. The van der Waals surface area contributed by atoms with E-state index in [0.717, 1.165) is 20.0 Å². The van der Waals surface area contributed by atoms with E-state index >= 15 is 0 Å². The fraction of sp³-hybridized carbons (Fsp3) is 0.870. The first-order valence-electron chi connectivity index (χ1n) is 12.0. The van der Waals surface area contributed by atoms with Crippen LogP contribution < -0.4 is 11.1 Å². The van der Waals surface area contributed by atoms with Crippen LogP contribution in [0.1, 0.15) is 77.6 Å². The second-order valence-electron chi connectivity index (χ2n) is 8.14. The predicted octanol–water partition coefficient (Wildman–Crippen LogP) is 1.91. The van der Waals surface area contributed by atoms with E-state index in [-0.39, 0.29) is 18.8 Å². The van der Waals surface area contributed by atoms with Crippen LogP contribution in [0.2, 0.25) is 0 Å². The third-order valence-corrected chi connectivity index (χ3v) is 6.20. The molecule has 9 nitrogen and oxygen atoms in total. The molecule has 3 atom stereocenters. The minimum absolute atomic E-state index is 0.0142. The highest BCUT2D eigenvalue weighted by atomic mass is 32.2. The summed E-state index contributed by atoms with van der Waals surface area (Å²) in [5.74, 6) is -1.07. The van der Waals surface area contributed by atoms with Crippen LogP contribution in [-0.4, -0.2) is 78.1 Å². The van der Waals surface area contributed by atoms with E-state index < -0.39 is 42.6 Å². The number of methoxy groups -OCH3 is 1. The Balaban J connectivity index is 3.74. The number of thioether (sulfide) groups is 1. The molecule has 0 aliphatic rings. The van der Waals surface area contributed by atoms with E-state index in [2.05, 4.69) is 17.0 Å². The summed E-state index contributed by atoms with van der Waals surface area (Å²) in [7, 11) is 1.16. The van der Waals surface area contributed by atoms with Crippen molar-refractivity contribution in [2.75, 3.05) is 31.8 Å². The van der Waals surface area contributed by atoms with Gasteiger partial charge in [-0.2, -0.15) is 11.8 Å². The molecule has 33 heavy (non-hydrogen) atoms. The number of carbonyl (C=O) groups excluding carboxylic acids is 3. The Hall–Kier alpha value is -1.36. The van der Waals surface area contributed by atoms with Gasteiger partial charge < -0.3 is 30.7 Å². The molecular formula is C23H44N2O7S. The van der Waals surface area contributed by atoms with Crippen molar-refractivity contribution in [2.24, 2.45) is 5.73 Å². The third kappa shape index (κ3) is 17.7. The lowest BCUT2D eigenvalue weighted by Gasteiger charge is -2.17. The molecule has 194 valence electrons. The molecule has 0 saturated heterocycles. The number of ether oxygens (including phenoxy) is 2. The maximum absolute atomic E-state index is 11.9. The Kier molecular flexibility index (Phi) is 20.3. The van der Waals surface area contributed by atoms with E-state index in [1.165, 1.54) is 56.7 Å². The van der Waals surface area contributed by atoms with Crippen LogP contribution in [0.15, 0.2) is 0 Å². The van der Waals surface area contributed by atoms with Gasteiger partial charge in [0.1, 0.15) is 6.61 Å². The molecule has 0 aliphatic carbocycles. The minimum Gasteiger partial charge on any atom is -0.467 e. The standard InChI is InChI=1S/C23H44N2O7S/c1-3-4-5-6-7-8-9-10-11-12-18(27)15-21(28)32-13-14-33-17-19(24)22(29)25-20(16-26)23(30)31-2/h18-20,26-27H,3-17,24H2,1-2H3,(H,25,29)/t18-,19+,20+/m1/s1. The van der Waals surface area contributed by atoms with Gasteiger partial charge in [-0.05, 0) is 6.42 Å². The van der Waals surface area contributed by atoms with Crippen LogP contribution in [0.5, 0.6) is 0 Å². The van der Waals surface area contributed by atoms with Crippen LogP contribution in [0.4, 0.5) is 0 Å². The van der Waals surface area contributed by atoms with Gasteiger partial charge in [-0.3, -0.25) is 9.59 Å². The number of unbranched alkanes of at least 4 members (excludes halogenated alkanes) is 8. The largest absolute Gasteiger partial charge is 0.467 e. The smallest absolute Gasteiger partial charge is 0.330 e. The molecule has 10 heteroatoms. The molecule has 0 bridgehead atoms. The molecule has 1 amide bonds. The highest BCUT2D eigenvalue weighted by Gasteiger charge is 2.23. The van der Waals surface area contributed by atoms with Crippen molar-refractivity contribution in [2.45, 2.75) is 95.7 Å². The topological polar surface area (TPSA) is 148 Å². The van der Waals surface area contributed by atoms with Crippen molar-refractivity contribution in [3.8, 4) is 0 Å². The fourth-order valence-corrected chi connectivity index (χ4v) is 3.92. The molecule has 0 unspecified atom stereocenters. The van der Waals surface area contributed by atoms with Crippen LogP contribution in [-0.2, 0) is 23.9 Å². The maximum atomic E-state index is 11.9. The fourth-order valence-electron chi connectivity index (χ4n) is 3.14. The van der Waals surface area contributed by atoms with Crippen molar-refractivity contribution in [3.63, 3.8) is 0 Å². The zero-order chi connectivity index (χ0) is 24.9. The number of aliphatic hydroxyl groups is 2. The quantitative estimate of drug-likeness (QED) is 0.139. The molecule has 0 aliphatic heterocycles. The van der Waals surface area contributed by atoms with Crippen LogP contribution in [0, 0.1) is 0 Å². The maximum Gasteiger partial charge on any atom is 0.330 e. The Bertz CT molecular complexity index is 537. The van der Waals surface area contributed by atoms with Crippen molar-refractivity contribution < 1.29 is 34.1 Å². The normalized spacial score (nSPS) is 13.7. The van der Waals surface area contributed by atoms with Gasteiger partial charge in [0.2, 0.25) is 5.91 Å². The first-order chi connectivity index (χ1) is 15.8. The summed E-state index contributed by atoms with van der Waals surface area (Å²) in [4.78, 5) is 35.1. The summed E-state index contributed by atoms with van der Waals surface area (Å²) in [5.41, 5.74) is 5.77. The molecule has 0 fully saturated rings. The van der Waals surface area contributed by atoms with E-state index in [4.69, 9.17) is 15.6 Å². The first-order valence-corrected chi connectivity index (χ1v) is 13.2. The summed E-state index contributed by atoms with van der Waals surface area (Å²) < 4.78 is 9.59. The molecule has 0 radical (unpaired) electrons. The number of nitrogens with two attached hydrogens (primary N) is 1. The average Bonchev–Trinajstić information content (AvgIpc) is 2.80. The van der Waals surface area contributed by atoms with E-state index in [9.17, 15) is 19.5 Å². The number of aliphatic hydroxyl groups excluding tert-OH is 2. The summed E-state index contributed by atoms with van der Waals surface area (Å²) in [6.07, 6.45) is 10.8. The van der Waals surface area contributed by atoms with Gasteiger partial charge in [0, 0.05) is 11.5 Å². The number of rotatable bonds is 21. The molecular weight excluding hydrogens is 448 g/mol. The average molecular weight is 493 g/mol. The molecule has 0 aromatic rings. The lowest BCUT2D eigenvalue weighted by atomic mass is 10.0. The molecule has 0 spiro atoms. The van der Waals surface area contributed by atoms with Crippen molar-refractivity contribution in [3.05, 3.63) is 0 Å². The monoisotopic (exact) mass is 492 g/mol. The summed E-state index contributed by atoms with van der Waals surface area (Å²) >= 11 is 1.32. The Labute approximate surface area is 202 Å². The summed E-state index contributed by atoms with van der Waals surface area (Å²) in [6.45, 7) is 1.79. The van der Waals surface area contributed by atoms with E-state index in [1.54, 1.807) is 0 Å². The first kappa shape index (κ1) is 31.6. The Morgan fingerprint density at radius 2 is 1.64 bits per heavy atom. The molecule has 0 saturated carbocycles. The highest BCUT2D eigenvalue weighted by molar-refractivity contribution is 7.99. The number of nitrogens with one attached hydrogen (secondary N) is 1. The molecule has 0 aromatic carbocycles. The minimum atomic E-state index is -1.15. The van der Waals surface area contributed by atoms with Gasteiger partial charge in [0.15, 0.2) is 6.04 Å². The van der Waals surface area contributed by atoms with Gasteiger partial charge in [-0.15, -0.1) is 0 Å². The Morgan fingerprint density at radius 1 is 1.03 bits per heavy atom. The number of esters is 2. The number of amides is 1. The van der Waals surface area contributed by atoms with E-state index in [0.29, 0.717) is 12.2 Å². The third-order valence-electron chi connectivity index (χ3n) is 5.15. The molecule has 5 N–H and O–H groups in total. The number of hydrogen-bond donors (Lipinski definition) is 4. The molecule has 0 heterocycles. The SMILES string of the molecule is CCCCCCCCCCC[C@@H](O)CC(=O)OCCSC[C@H](N)C(=O)N[C@@H](CO)C(=O)OC. The van der Waals surface area contributed by atoms with E-state index in [1.807, 2.05) is 0 Å². The van der Waals surface area contributed by atoms with Crippen LogP contribution in [0.25, 0.3) is 0 Å². The van der Waals surface area contributed by atoms with Gasteiger partial charge in [-0.1, -0.05) is 64.7 Å².